The van der Waals surface area contributed by atoms with Crippen LogP contribution in [0.5, 0.6) is 5.75 Å². The first-order valence-electron chi connectivity index (χ1n) is 6.42. The number of esters is 1. The Hall–Kier alpha value is -2.00. The molecule has 1 aliphatic rings. The van der Waals surface area contributed by atoms with Crippen molar-refractivity contribution in [2.45, 2.75) is 18.9 Å². The van der Waals surface area contributed by atoms with Gasteiger partial charge in [0.25, 0.3) is 0 Å². The minimum Gasteiger partial charge on any atom is -0.508 e. The predicted octanol–water partition coefficient (Wildman–Crippen LogP) is 3.89. The molecule has 0 bridgehead atoms. The van der Waals surface area contributed by atoms with Gasteiger partial charge in [-0.1, -0.05) is 29.8 Å². The standard InChI is InChI=1S/C16H13ClO3/c17-12-6-4-10-5-7-15(20-16(19)14(10)9-12)11-2-1-3-13(18)8-11/h1-4,6,8-9,15,18H,5,7H2. The summed E-state index contributed by atoms with van der Waals surface area (Å²) in [6.07, 6.45) is 1.07. The van der Waals surface area contributed by atoms with Crippen molar-refractivity contribution in [2.75, 3.05) is 0 Å². The van der Waals surface area contributed by atoms with E-state index in [1.54, 1.807) is 30.3 Å². The fourth-order valence-electron chi connectivity index (χ4n) is 2.45. The van der Waals surface area contributed by atoms with Crippen LogP contribution in [0.15, 0.2) is 42.5 Å². The van der Waals surface area contributed by atoms with Gasteiger partial charge in [-0.15, -0.1) is 0 Å². The molecule has 3 rings (SSSR count). The average Bonchev–Trinajstić information content (AvgIpc) is 2.59. The number of halogens is 1. The summed E-state index contributed by atoms with van der Waals surface area (Å²) in [5, 5.41) is 10.1. The number of fused-ring (bicyclic) bond motifs is 1. The van der Waals surface area contributed by atoms with Crippen LogP contribution in [0.25, 0.3) is 0 Å². The highest BCUT2D eigenvalue weighted by Crippen LogP contribution is 2.31. The third-order valence-electron chi connectivity index (χ3n) is 3.46. The summed E-state index contributed by atoms with van der Waals surface area (Å²) < 4.78 is 5.53. The molecule has 3 nitrogen and oxygen atoms in total. The number of carbonyl (C=O) groups excluding carboxylic acids is 1. The average molecular weight is 289 g/mol. The quantitative estimate of drug-likeness (QED) is 0.810. The number of hydrogen-bond acceptors (Lipinski definition) is 3. The molecule has 0 spiro atoms. The van der Waals surface area contributed by atoms with Crippen molar-refractivity contribution >= 4 is 17.6 Å². The summed E-state index contributed by atoms with van der Waals surface area (Å²) in [5.74, 6) is -0.198. The Morgan fingerprint density at radius 3 is 2.85 bits per heavy atom. The van der Waals surface area contributed by atoms with Gasteiger partial charge in [0.1, 0.15) is 11.9 Å². The van der Waals surface area contributed by atoms with E-state index >= 15 is 0 Å². The molecule has 2 aromatic carbocycles. The molecular weight excluding hydrogens is 276 g/mol. The van der Waals surface area contributed by atoms with Crippen molar-refractivity contribution in [2.24, 2.45) is 0 Å². The molecule has 2 aromatic rings. The number of aromatic hydroxyl groups is 1. The summed E-state index contributed by atoms with van der Waals surface area (Å²) in [4.78, 5) is 12.2. The van der Waals surface area contributed by atoms with Crippen LogP contribution in [0.2, 0.25) is 5.02 Å². The molecular formula is C16H13ClO3. The highest BCUT2D eigenvalue weighted by Gasteiger charge is 2.25. The van der Waals surface area contributed by atoms with Gasteiger partial charge in [0.15, 0.2) is 0 Å². The summed E-state index contributed by atoms with van der Waals surface area (Å²) in [6.45, 7) is 0. The molecule has 0 saturated carbocycles. The first-order chi connectivity index (χ1) is 9.63. The number of hydrogen-bond donors (Lipinski definition) is 1. The number of benzene rings is 2. The number of aryl methyl sites for hydroxylation is 1. The van der Waals surface area contributed by atoms with E-state index in [1.165, 1.54) is 0 Å². The second-order valence-electron chi connectivity index (χ2n) is 4.83. The number of cyclic esters (lactones) is 1. The normalized spacial score (nSPS) is 18.1. The first-order valence-corrected chi connectivity index (χ1v) is 6.79. The van der Waals surface area contributed by atoms with Crippen LogP contribution in [-0.4, -0.2) is 11.1 Å². The number of phenolic OH excluding ortho intramolecular Hbond substituents is 1. The summed E-state index contributed by atoms with van der Waals surface area (Å²) in [5.41, 5.74) is 2.28. The molecule has 1 heterocycles. The molecule has 4 heteroatoms. The minimum atomic E-state index is -0.367. The lowest BCUT2D eigenvalue weighted by molar-refractivity contribution is 0.0297. The molecule has 1 atom stereocenters. The largest absolute Gasteiger partial charge is 0.508 e. The summed E-state index contributed by atoms with van der Waals surface area (Å²) >= 11 is 5.93. The van der Waals surface area contributed by atoms with Crippen molar-refractivity contribution in [3.05, 3.63) is 64.2 Å². The molecule has 20 heavy (non-hydrogen) atoms. The van der Waals surface area contributed by atoms with Crippen LogP contribution >= 0.6 is 11.6 Å². The molecule has 0 fully saturated rings. The lowest BCUT2D eigenvalue weighted by Crippen LogP contribution is -2.09. The molecule has 0 amide bonds. The summed E-state index contributed by atoms with van der Waals surface area (Å²) in [7, 11) is 0. The van der Waals surface area contributed by atoms with Crippen LogP contribution in [-0.2, 0) is 11.2 Å². The van der Waals surface area contributed by atoms with Crippen LogP contribution in [0, 0.1) is 0 Å². The monoisotopic (exact) mass is 288 g/mol. The maximum Gasteiger partial charge on any atom is 0.339 e. The molecule has 1 N–H and O–H groups in total. The van der Waals surface area contributed by atoms with Gasteiger partial charge < -0.3 is 9.84 Å². The minimum absolute atomic E-state index is 0.170. The zero-order valence-electron chi connectivity index (χ0n) is 10.7. The van der Waals surface area contributed by atoms with E-state index in [1.807, 2.05) is 12.1 Å². The molecule has 1 aliphatic heterocycles. The van der Waals surface area contributed by atoms with Crippen molar-refractivity contribution < 1.29 is 14.6 Å². The van der Waals surface area contributed by atoms with Crippen LogP contribution in [0.3, 0.4) is 0 Å². The highest BCUT2D eigenvalue weighted by molar-refractivity contribution is 6.31. The number of ether oxygens (including phenoxy) is 1. The van der Waals surface area contributed by atoms with Gasteiger partial charge in [-0.3, -0.25) is 0 Å². The Balaban J connectivity index is 1.92. The number of rotatable bonds is 1. The van der Waals surface area contributed by atoms with Crippen LogP contribution in [0.1, 0.15) is 34.0 Å². The maximum absolute atomic E-state index is 12.2. The van der Waals surface area contributed by atoms with E-state index < -0.39 is 0 Å². The Kier molecular flexibility index (Phi) is 3.36. The second-order valence-corrected chi connectivity index (χ2v) is 5.27. The van der Waals surface area contributed by atoms with Crippen molar-refractivity contribution in [3.63, 3.8) is 0 Å². The Labute approximate surface area is 121 Å². The smallest absolute Gasteiger partial charge is 0.339 e. The topological polar surface area (TPSA) is 46.5 Å². The van der Waals surface area contributed by atoms with Gasteiger partial charge in [0, 0.05) is 5.02 Å². The van der Waals surface area contributed by atoms with Gasteiger partial charge >= 0.3 is 5.97 Å². The Bertz CT molecular complexity index is 667. The van der Waals surface area contributed by atoms with E-state index in [-0.39, 0.29) is 17.8 Å². The highest BCUT2D eigenvalue weighted by atomic mass is 35.5. The van der Waals surface area contributed by atoms with E-state index in [4.69, 9.17) is 16.3 Å². The van der Waals surface area contributed by atoms with Crippen molar-refractivity contribution in [1.29, 1.82) is 0 Å². The summed E-state index contributed by atoms with van der Waals surface area (Å²) in [6, 6.07) is 12.1. The van der Waals surface area contributed by atoms with Gasteiger partial charge in [0.05, 0.1) is 5.56 Å². The number of phenols is 1. The van der Waals surface area contributed by atoms with E-state index in [0.717, 1.165) is 17.5 Å². The van der Waals surface area contributed by atoms with E-state index in [0.29, 0.717) is 17.0 Å². The lowest BCUT2D eigenvalue weighted by atomic mass is 10.00. The van der Waals surface area contributed by atoms with Crippen molar-refractivity contribution in [1.82, 2.24) is 0 Å². The fourth-order valence-corrected chi connectivity index (χ4v) is 2.63. The molecule has 0 radical (unpaired) electrons. The van der Waals surface area contributed by atoms with Gasteiger partial charge in [0.2, 0.25) is 0 Å². The van der Waals surface area contributed by atoms with Gasteiger partial charge in [-0.25, -0.2) is 4.79 Å². The van der Waals surface area contributed by atoms with Gasteiger partial charge in [-0.05, 0) is 48.2 Å². The van der Waals surface area contributed by atoms with Crippen LogP contribution in [0.4, 0.5) is 0 Å². The molecule has 1 unspecified atom stereocenters. The molecule has 0 aromatic heterocycles. The maximum atomic E-state index is 12.2. The van der Waals surface area contributed by atoms with Crippen molar-refractivity contribution in [3.8, 4) is 5.75 Å². The predicted molar refractivity (Wildman–Crippen MR) is 76.0 cm³/mol. The Morgan fingerprint density at radius 1 is 1.20 bits per heavy atom. The zero-order valence-corrected chi connectivity index (χ0v) is 11.4. The number of carbonyl (C=O) groups is 1. The Morgan fingerprint density at radius 2 is 2.05 bits per heavy atom. The molecule has 0 aliphatic carbocycles. The van der Waals surface area contributed by atoms with Gasteiger partial charge in [-0.2, -0.15) is 0 Å². The molecule has 0 saturated heterocycles. The third-order valence-corrected chi connectivity index (χ3v) is 3.69. The SMILES string of the molecule is O=C1OC(c2cccc(O)c2)CCc2ccc(Cl)cc21. The molecule has 102 valence electrons. The van der Waals surface area contributed by atoms with Crippen LogP contribution < -0.4 is 0 Å². The third kappa shape index (κ3) is 2.49. The van der Waals surface area contributed by atoms with E-state index in [2.05, 4.69) is 0 Å². The van der Waals surface area contributed by atoms with E-state index in [9.17, 15) is 9.90 Å². The zero-order chi connectivity index (χ0) is 14.1. The second kappa shape index (κ2) is 5.17. The lowest BCUT2D eigenvalue weighted by Gasteiger charge is -2.15. The first kappa shape index (κ1) is 13.0. The fraction of sp³-hybridized carbons (Fsp3) is 0.188.